The fourth-order valence-electron chi connectivity index (χ4n) is 2.27. The Hall–Kier alpha value is -1.06. The zero-order valence-electron chi connectivity index (χ0n) is 11.0. The van der Waals surface area contributed by atoms with Crippen LogP contribution in [0.4, 0.5) is 4.39 Å². The number of hydrogen-bond donors (Lipinski definition) is 0. The Balaban J connectivity index is 2.39. The van der Waals surface area contributed by atoms with Gasteiger partial charge in [0.05, 0.1) is 17.6 Å². The van der Waals surface area contributed by atoms with Gasteiger partial charge in [0.1, 0.15) is 5.82 Å². The predicted molar refractivity (Wildman–Crippen MR) is 76.5 cm³/mol. The maximum absolute atomic E-state index is 13.3. The molecule has 102 valence electrons. The van der Waals surface area contributed by atoms with Gasteiger partial charge in [-0.25, -0.2) is 4.39 Å². The van der Waals surface area contributed by atoms with Gasteiger partial charge in [-0.3, -0.25) is 4.68 Å². The van der Waals surface area contributed by atoms with E-state index in [4.69, 9.17) is 23.2 Å². The van der Waals surface area contributed by atoms with Gasteiger partial charge in [0.25, 0.3) is 0 Å². The molecule has 0 amide bonds. The lowest BCUT2D eigenvalue weighted by atomic mass is 10.1. The topological polar surface area (TPSA) is 17.8 Å². The molecule has 0 aliphatic rings. The van der Waals surface area contributed by atoms with Crippen LogP contribution in [0.25, 0.3) is 0 Å². The van der Waals surface area contributed by atoms with E-state index in [1.54, 1.807) is 6.07 Å². The minimum absolute atomic E-state index is 0.100. The number of hydrogen-bond acceptors (Lipinski definition) is 1. The molecule has 0 N–H and O–H groups in total. The average Bonchev–Trinajstić information content (AvgIpc) is 2.59. The summed E-state index contributed by atoms with van der Waals surface area (Å²) in [7, 11) is 0. The van der Waals surface area contributed by atoms with E-state index in [2.05, 4.69) is 5.10 Å². The quantitative estimate of drug-likeness (QED) is 0.755. The lowest BCUT2D eigenvalue weighted by Gasteiger charge is -2.08. The summed E-state index contributed by atoms with van der Waals surface area (Å²) in [5, 5.41) is 4.88. The van der Waals surface area contributed by atoms with Crippen LogP contribution in [0.15, 0.2) is 18.2 Å². The second-order valence-electron chi connectivity index (χ2n) is 4.59. The Bertz CT molecular complexity index is 606. The first-order valence-corrected chi connectivity index (χ1v) is 6.83. The van der Waals surface area contributed by atoms with E-state index < -0.39 is 0 Å². The van der Waals surface area contributed by atoms with Crippen LogP contribution in [0.3, 0.4) is 0 Å². The van der Waals surface area contributed by atoms with Crippen molar-refractivity contribution in [3.63, 3.8) is 0 Å². The van der Waals surface area contributed by atoms with Gasteiger partial charge in [0, 0.05) is 16.3 Å². The zero-order valence-corrected chi connectivity index (χ0v) is 12.6. The monoisotopic (exact) mass is 300 g/mol. The molecule has 0 fully saturated rings. The van der Waals surface area contributed by atoms with Gasteiger partial charge < -0.3 is 0 Å². The number of aromatic nitrogens is 2. The van der Waals surface area contributed by atoms with E-state index in [1.165, 1.54) is 12.1 Å². The molecule has 0 saturated carbocycles. The summed E-state index contributed by atoms with van der Waals surface area (Å²) < 4.78 is 15.1. The predicted octanol–water partition coefficient (Wildman–Crippen LogP) is 4.64. The van der Waals surface area contributed by atoms with Crippen LogP contribution in [0.5, 0.6) is 0 Å². The van der Waals surface area contributed by atoms with Crippen molar-refractivity contribution in [2.24, 2.45) is 0 Å². The molecule has 1 unspecified atom stereocenters. The van der Waals surface area contributed by atoms with Gasteiger partial charge in [0.15, 0.2) is 0 Å². The van der Waals surface area contributed by atoms with Gasteiger partial charge >= 0.3 is 0 Å². The van der Waals surface area contributed by atoms with Crippen LogP contribution in [-0.2, 0) is 6.54 Å². The molecular weight excluding hydrogens is 286 g/mol. The second-order valence-corrected chi connectivity index (χ2v) is 5.66. The molecular formula is C14H15Cl2FN2. The first-order valence-electron chi connectivity index (χ1n) is 6.02. The Kier molecular flexibility index (Phi) is 4.16. The van der Waals surface area contributed by atoms with E-state index in [1.807, 2.05) is 25.5 Å². The van der Waals surface area contributed by atoms with E-state index in [9.17, 15) is 4.39 Å². The number of alkyl halides is 1. The summed E-state index contributed by atoms with van der Waals surface area (Å²) in [6.45, 7) is 6.23. The van der Waals surface area contributed by atoms with Crippen LogP contribution in [0, 0.1) is 19.7 Å². The van der Waals surface area contributed by atoms with Crippen molar-refractivity contribution in [1.82, 2.24) is 9.78 Å². The van der Waals surface area contributed by atoms with Crippen LogP contribution < -0.4 is 0 Å². The lowest BCUT2D eigenvalue weighted by molar-refractivity contribution is 0.615. The largest absolute Gasteiger partial charge is 0.265 e. The summed E-state index contributed by atoms with van der Waals surface area (Å²) in [5.41, 5.74) is 3.61. The third kappa shape index (κ3) is 2.93. The minimum Gasteiger partial charge on any atom is -0.265 e. The Morgan fingerprint density at radius 2 is 2.05 bits per heavy atom. The van der Waals surface area contributed by atoms with Crippen LogP contribution in [-0.4, -0.2) is 9.78 Å². The molecule has 1 aromatic carbocycles. The van der Waals surface area contributed by atoms with Gasteiger partial charge in [-0.2, -0.15) is 5.10 Å². The summed E-state index contributed by atoms with van der Waals surface area (Å²) in [4.78, 5) is 0. The third-order valence-corrected chi connectivity index (χ3v) is 3.75. The maximum atomic E-state index is 13.3. The van der Waals surface area contributed by atoms with Crippen molar-refractivity contribution in [3.8, 4) is 0 Å². The summed E-state index contributed by atoms with van der Waals surface area (Å²) >= 11 is 12.2. The van der Waals surface area contributed by atoms with Crippen molar-refractivity contribution >= 4 is 23.2 Å². The average molecular weight is 301 g/mol. The lowest BCUT2D eigenvalue weighted by Crippen LogP contribution is -2.05. The van der Waals surface area contributed by atoms with E-state index >= 15 is 0 Å². The molecule has 1 heterocycles. The van der Waals surface area contributed by atoms with Gasteiger partial charge in [-0.15, -0.1) is 11.6 Å². The molecule has 0 aliphatic heterocycles. The molecule has 5 heteroatoms. The van der Waals surface area contributed by atoms with Crippen molar-refractivity contribution in [1.29, 1.82) is 0 Å². The fourth-order valence-corrected chi connectivity index (χ4v) is 2.76. The molecule has 0 aliphatic carbocycles. The molecule has 0 bridgehead atoms. The molecule has 0 saturated heterocycles. The fraction of sp³-hybridized carbons (Fsp3) is 0.357. The first kappa shape index (κ1) is 14.4. The van der Waals surface area contributed by atoms with Crippen LogP contribution in [0.1, 0.15) is 34.8 Å². The van der Waals surface area contributed by atoms with Crippen molar-refractivity contribution in [3.05, 3.63) is 51.6 Å². The molecule has 0 radical (unpaired) electrons. The first-order chi connectivity index (χ1) is 8.90. The van der Waals surface area contributed by atoms with Crippen molar-refractivity contribution in [2.75, 3.05) is 0 Å². The van der Waals surface area contributed by atoms with Gasteiger partial charge in [-0.05, 0) is 44.5 Å². The molecule has 2 rings (SSSR count). The van der Waals surface area contributed by atoms with E-state index in [0.29, 0.717) is 17.1 Å². The summed E-state index contributed by atoms with van der Waals surface area (Å²) in [6, 6.07) is 4.34. The SMILES string of the molecule is Cc1nn(Cc2cc(F)ccc2Cl)c(C)c1C(C)Cl. The Morgan fingerprint density at radius 1 is 1.37 bits per heavy atom. The molecule has 2 nitrogen and oxygen atoms in total. The number of rotatable bonds is 3. The zero-order chi connectivity index (χ0) is 14.2. The number of aryl methyl sites for hydroxylation is 1. The van der Waals surface area contributed by atoms with Crippen molar-refractivity contribution < 1.29 is 4.39 Å². The highest BCUT2D eigenvalue weighted by molar-refractivity contribution is 6.31. The van der Waals surface area contributed by atoms with Gasteiger partial charge in [-0.1, -0.05) is 11.6 Å². The van der Waals surface area contributed by atoms with Crippen molar-refractivity contribution in [2.45, 2.75) is 32.7 Å². The van der Waals surface area contributed by atoms with Crippen LogP contribution >= 0.6 is 23.2 Å². The maximum Gasteiger partial charge on any atom is 0.123 e. The van der Waals surface area contributed by atoms with E-state index in [-0.39, 0.29) is 11.2 Å². The third-order valence-electron chi connectivity index (χ3n) is 3.16. The van der Waals surface area contributed by atoms with E-state index in [0.717, 1.165) is 17.0 Å². The smallest absolute Gasteiger partial charge is 0.123 e. The Morgan fingerprint density at radius 3 is 2.63 bits per heavy atom. The molecule has 19 heavy (non-hydrogen) atoms. The van der Waals surface area contributed by atoms with Gasteiger partial charge in [0.2, 0.25) is 0 Å². The molecule has 1 atom stereocenters. The number of nitrogens with zero attached hydrogens (tertiary/aromatic N) is 2. The highest BCUT2D eigenvalue weighted by Gasteiger charge is 2.16. The number of benzene rings is 1. The summed E-state index contributed by atoms with van der Waals surface area (Å²) in [5.74, 6) is -0.299. The minimum atomic E-state index is -0.299. The molecule has 2 aromatic rings. The normalized spacial score (nSPS) is 12.7. The second kappa shape index (κ2) is 5.51. The summed E-state index contributed by atoms with van der Waals surface area (Å²) in [6.07, 6.45) is 0. The molecule has 1 aromatic heterocycles. The van der Waals surface area contributed by atoms with Crippen LogP contribution in [0.2, 0.25) is 5.02 Å². The number of halogens is 3. The highest BCUT2D eigenvalue weighted by Crippen LogP contribution is 2.27. The Labute approximate surface area is 122 Å². The highest BCUT2D eigenvalue weighted by atomic mass is 35.5. The standard InChI is InChI=1S/C14H15Cl2FN2/c1-8(15)14-9(2)18-19(10(14)3)7-11-6-12(17)4-5-13(11)16/h4-6,8H,7H2,1-3H3. The molecule has 0 spiro atoms.